The summed E-state index contributed by atoms with van der Waals surface area (Å²) in [5.74, 6) is -0.709. The van der Waals surface area contributed by atoms with Crippen LogP contribution < -0.4 is 0 Å². The molecule has 0 aromatic carbocycles. The summed E-state index contributed by atoms with van der Waals surface area (Å²) in [4.78, 5) is 34.2. The van der Waals surface area contributed by atoms with Crippen LogP contribution in [-0.4, -0.2) is 63.5 Å². The van der Waals surface area contributed by atoms with Gasteiger partial charge < -0.3 is 0 Å². The van der Waals surface area contributed by atoms with E-state index in [2.05, 4.69) is 13.8 Å². The molecule has 2 atom stereocenters. The predicted octanol–water partition coefficient (Wildman–Crippen LogP) is 10.7. The molecular weight excluding hydrogens is 586 g/mol. The van der Waals surface area contributed by atoms with Crippen molar-refractivity contribution in [1.82, 2.24) is 0 Å². The molecule has 7 nitrogen and oxygen atoms in total. The quantitative estimate of drug-likeness (QED) is 0.0319. The molecule has 2 unspecified atom stereocenters. The summed E-state index contributed by atoms with van der Waals surface area (Å²) in [5.41, 5.74) is 0. The molecule has 0 fully saturated rings. The molecule has 0 bridgehead atoms. The third-order valence-corrected chi connectivity index (χ3v) is 9.60. The second-order valence-corrected chi connectivity index (χ2v) is 18.1. The van der Waals surface area contributed by atoms with E-state index in [1.54, 1.807) is 0 Å². The summed E-state index contributed by atoms with van der Waals surface area (Å²) in [5, 5.41) is 0. The Morgan fingerprint density at radius 1 is 0.545 bits per heavy atom. The van der Waals surface area contributed by atoms with Gasteiger partial charge in [-0.15, -0.1) is 0 Å². The number of carbonyl (C=O) groups excluding carboxylic acids is 2. The van der Waals surface area contributed by atoms with Crippen molar-refractivity contribution in [2.24, 2.45) is 0 Å². The van der Waals surface area contributed by atoms with Gasteiger partial charge in [-0.3, -0.25) is 0 Å². The Labute approximate surface area is 288 Å². The number of unbranched alkanes of at least 4 members (excludes halogenated alkanes) is 24. The first-order valence-electron chi connectivity index (χ1n) is 18.6. The number of hydrogen-bond donors (Lipinski definition) is 1. The molecule has 256 valence electrons. The first kappa shape index (κ1) is 44.1. The molecule has 44 heavy (non-hydrogen) atoms. The molecule has 0 amide bonds. The topological polar surface area (TPSA) is 99.1 Å². The minimum Gasteiger partial charge on any atom is -0.0654 e. The maximum absolute atomic E-state index is 12.4. The van der Waals surface area contributed by atoms with Crippen molar-refractivity contribution in [2.75, 3.05) is 13.2 Å². The van der Waals surface area contributed by atoms with Crippen LogP contribution in [0.4, 0.5) is 0 Å². The van der Waals surface area contributed by atoms with Crippen molar-refractivity contribution in [1.29, 1.82) is 0 Å². The zero-order chi connectivity index (χ0) is 32.6. The van der Waals surface area contributed by atoms with E-state index in [1.165, 1.54) is 128 Å². The molecule has 0 aromatic rings. The summed E-state index contributed by atoms with van der Waals surface area (Å²) in [7, 11) is 0. The second kappa shape index (κ2) is 33.0. The molecule has 0 radical (unpaired) electrons. The van der Waals surface area contributed by atoms with E-state index in [-0.39, 0.29) is 52.5 Å². The van der Waals surface area contributed by atoms with Crippen molar-refractivity contribution in [3.63, 3.8) is 0 Å². The third-order valence-electron chi connectivity index (χ3n) is 8.20. The fraction of sp³-hybridized carbons (Fsp3) is 0.943. The first-order valence-corrected chi connectivity index (χ1v) is 23.3. The standard InChI is InChI=1S/C35H67O7P.Na/c1-3-5-7-9-11-13-15-17-19-21-23-25-27-29-34(36)40-31-33(32-41-43(38)39)42-35(37)30-28-26-24-22-20-18-16-14-12-10-8-6-4-2;/h33H,3-32H2,1-2H3;/q;-1/p+1. The zero-order valence-corrected chi connectivity index (χ0v) is 32.0. The van der Waals surface area contributed by atoms with Crippen LogP contribution in [0.15, 0.2) is 0 Å². The van der Waals surface area contributed by atoms with Crippen LogP contribution in [0.2, 0.25) is 0 Å². The number of carbonyl (C=O) groups is 2. The Kier molecular flexibility index (Phi) is 33.1. The van der Waals surface area contributed by atoms with E-state index < -0.39 is 10.5 Å². The number of rotatable bonds is 34. The molecule has 0 spiro atoms. The van der Waals surface area contributed by atoms with Gasteiger partial charge in [-0.1, -0.05) is 123 Å². The first-order chi connectivity index (χ1) is 21.3. The fourth-order valence-corrected chi connectivity index (χ4v) is 6.30. The molecular formula is C35H68NaO7P. The van der Waals surface area contributed by atoms with Crippen LogP contribution in [0.3, 0.4) is 0 Å². The van der Waals surface area contributed by atoms with Crippen molar-refractivity contribution >= 4 is 43.6 Å². The van der Waals surface area contributed by atoms with Gasteiger partial charge in [0.15, 0.2) is 0 Å². The number of ether oxygens (including phenoxy) is 2. The Balaban J connectivity index is 3.94. The van der Waals surface area contributed by atoms with Gasteiger partial charge in [0.05, 0.1) is 0 Å². The van der Waals surface area contributed by atoms with Gasteiger partial charge in [0, 0.05) is 0 Å². The van der Waals surface area contributed by atoms with Gasteiger partial charge in [0.25, 0.3) is 0 Å². The SMILES string of the molecule is CCCCCCCCCCCCCCCC(=O)OCC(CO[P](=O)(O)[Na])OC(=O)CCCCCCCCCCCCCCC. The van der Waals surface area contributed by atoms with Crippen molar-refractivity contribution in [3.05, 3.63) is 0 Å². The van der Waals surface area contributed by atoms with E-state index >= 15 is 0 Å². The Morgan fingerprint density at radius 3 is 1.20 bits per heavy atom. The van der Waals surface area contributed by atoms with Crippen molar-refractivity contribution in [2.45, 2.75) is 200 Å². The minimum absolute atomic E-state index is 0.0218. The normalized spacial score (nSPS) is 13.5. The minimum atomic E-state index is -3.60. The maximum atomic E-state index is 12.4. The van der Waals surface area contributed by atoms with E-state index in [1.807, 2.05) is 0 Å². The smallest absolute Gasteiger partial charge is 0.0654 e. The van der Waals surface area contributed by atoms with E-state index in [0.717, 1.165) is 38.5 Å². The molecule has 0 saturated heterocycles. The fourth-order valence-electron chi connectivity index (χ4n) is 5.41. The Morgan fingerprint density at radius 2 is 0.864 bits per heavy atom. The molecule has 9 heteroatoms. The van der Waals surface area contributed by atoms with Crippen LogP contribution in [0.25, 0.3) is 0 Å². The molecule has 0 aliphatic rings. The van der Waals surface area contributed by atoms with Crippen LogP contribution in [0, 0.1) is 0 Å². The summed E-state index contributed by atoms with van der Waals surface area (Å²) >= 11 is -0.0218. The number of hydrogen-bond acceptors (Lipinski definition) is 6. The van der Waals surface area contributed by atoms with Crippen LogP contribution in [0.5, 0.6) is 0 Å². The molecule has 0 aliphatic carbocycles. The monoisotopic (exact) mass is 654 g/mol. The van der Waals surface area contributed by atoms with Crippen LogP contribution >= 0.6 is 4.35 Å². The van der Waals surface area contributed by atoms with Gasteiger partial charge in [-0.2, -0.15) is 0 Å². The molecule has 0 saturated carbocycles. The summed E-state index contributed by atoms with van der Waals surface area (Å²) < 4.78 is 23.9. The van der Waals surface area contributed by atoms with E-state index in [0.29, 0.717) is 12.8 Å². The van der Waals surface area contributed by atoms with Crippen molar-refractivity contribution in [3.8, 4) is 0 Å². The van der Waals surface area contributed by atoms with Gasteiger partial charge in [-0.05, 0) is 0 Å². The van der Waals surface area contributed by atoms with Gasteiger partial charge in [-0.25, -0.2) is 0 Å². The van der Waals surface area contributed by atoms with E-state index in [4.69, 9.17) is 14.0 Å². The number of esters is 2. The second-order valence-electron chi connectivity index (χ2n) is 12.9. The van der Waals surface area contributed by atoms with Gasteiger partial charge >= 0.3 is 167 Å². The summed E-state index contributed by atoms with van der Waals surface area (Å²) in [6.07, 6.45) is 32.0. The molecule has 0 aromatic heterocycles. The van der Waals surface area contributed by atoms with Gasteiger partial charge in [0.1, 0.15) is 0 Å². The molecule has 0 aliphatic heterocycles. The third kappa shape index (κ3) is 35.0. The molecule has 1 N–H and O–H groups in total. The van der Waals surface area contributed by atoms with E-state index in [9.17, 15) is 19.0 Å². The zero-order valence-electron chi connectivity index (χ0n) is 29.1. The average Bonchev–Trinajstić information content (AvgIpc) is 2.98. The average molecular weight is 655 g/mol. The van der Waals surface area contributed by atoms with Crippen molar-refractivity contribution < 1.29 is 33.0 Å². The Bertz CT molecular complexity index is 701. The van der Waals surface area contributed by atoms with Crippen LogP contribution in [0.1, 0.15) is 194 Å². The summed E-state index contributed by atoms with van der Waals surface area (Å²) in [6.45, 7) is 4.11. The van der Waals surface area contributed by atoms with Gasteiger partial charge in [0.2, 0.25) is 0 Å². The predicted molar refractivity (Wildman–Crippen MR) is 183 cm³/mol. The molecule has 0 heterocycles. The van der Waals surface area contributed by atoms with Crippen LogP contribution in [-0.2, 0) is 28.2 Å². The Hall–Kier alpha value is 0.0900. The summed E-state index contributed by atoms with van der Waals surface area (Å²) in [6, 6.07) is 0. The molecule has 0 rings (SSSR count).